The van der Waals surface area contributed by atoms with Crippen molar-refractivity contribution in [3.8, 4) is 5.75 Å². The molecule has 0 fully saturated rings. The van der Waals surface area contributed by atoms with E-state index in [4.69, 9.17) is 5.41 Å². The van der Waals surface area contributed by atoms with Crippen molar-refractivity contribution in [2.24, 2.45) is 0 Å². The molecule has 0 saturated carbocycles. The van der Waals surface area contributed by atoms with Crippen LogP contribution in [0.15, 0.2) is 24.3 Å². The van der Waals surface area contributed by atoms with Crippen molar-refractivity contribution in [1.29, 1.82) is 5.41 Å². The normalized spacial score (nSPS) is 11.0. The summed E-state index contributed by atoms with van der Waals surface area (Å²) in [6.45, 7) is 0. The Morgan fingerprint density at radius 1 is 1.31 bits per heavy atom. The maximum Gasteiger partial charge on any atom is 0.573 e. The third-order valence-corrected chi connectivity index (χ3v) is 1.72. The zero-order valence-electron chi connectivity index (χ0n) is 8.38. The predicted octanol–water partition coefficient (Wildman–Crippen LogP) is 2.13. The molecule has 88 valence electrons. The van der Waals surface area contributed by atoms with Crippen molar-refractivity contribution in [1.82, 2.24) is 5.43 Å². The first-order chi connectivity index (χ1) is 7.46. The van der Waals surface area contributed by atoms with Crippen LogP contribution in [-0.2, 0) is 0 Å². The molecule has 0 spiro atoms. The highest BCUT2D eigenvalue weighted by Gasteiger charge is 2.30. The second-order valence-electron chi connectivity index (χ2n) is 2.76. The Morgan fingerprint density at radius 2 is 1.88 bits per heavy atom. The van der Waals surface area contributed by atoms with E-state index in [1.807, 2.05) is 0 Å². The number of benzene rings is 1. The van der Waals surface area contributed by atoms with Gasteiger partial charge in [0, 0.05) is 7.05 Å². The summed E-state index contributed by atoms with van der Waals surface area (Å²) in [6, 6.07) is 5.17. The van der Waals surface area contributed by atoms with Gasteiger partial charge in [-0.25, -0.2) is 5.43 Å². The van der Waals surface area contributed by atoms with Gasteiger partial charge in [-0.2, -0.15) is 0 Å². The van der Waals surface area contributed by atoms with Crippen LogP contribution >= 0.6 is 0 Å². The lowest BCUT2D eigenvalue weighted by Gasteiger charge is -2.17. The van der Waals surface area contributed by atoms with Crippen LogP contribution in [0.1, 0.15) is 0 Å². The van der Waals surface area contributed by atoms with E-state index in [-0.39, 0.29) is 5.75 Å². The van der Waals surface area contributed by atoms with Gasteiger partial charge < -0.3 is 4.74 Å². The monoisotopic (exact) mass is 233 g/mol. The fourth-order valence-corrected chi connectivity index (χ4v) is 1.08. The fraction of sp³-hybridized carbons (Fsp3) is 0.222. The molecule has 0 aliphatic heterocycles. The van der Waals surface area contributed by atoms with E-state index in [0.29, 0.717) is 5.69 Å². The molecule has 2 N–H and O–H groups in total. The Morgan fingerprint density at radius 3 is 2.25 bits per heavy atom. The summed E-state index contributed by atoms with van der Waals surface area (Å²) in [4.78, 5) is 0. The number of hydrogen-bond donors (Lipinski definition) is 2. The molecule has 4 nitrogen and oxygen atoms in total. The van der Waals surface area contributed by atoms with Crippen LogP contribution in [0.2, 0.25) is 0 Å². The molecule has 1 aromatic rings. The van der Waals surface area contributed by atoms with E-state index in [2.05, 4.69) is 10.2 Å². The van der Waals surface area contributed by atoms with Gasteiger partial charge >= 0.3 is 6.36 Å². The van der Waals surface area contributed by atoms with Crippen LogP contribution in [0.5, 0.6) is 5.75 Å². The lowest BCUT2D eigenvalue weighted by molar-refractivity contribution is -0.274. The Bertz CT molecular complexity index is 350. The molecule has 0 aliphatic carbocycles. The van der Waals surface area contributed by atoms with Crippen molar-refractivity contribution in [3.05, 3.63) is 24.3 Å². The van der Waals surface area contributed by atoms with Crippen molar-refractivity contribution in [2.75, 3.05) is 12.1 Å². The number of ether oxygens (including phenoxy) is 1. The topological polar surface area (TPSA) is 48.4 Å². The summed E-state index contributed by atoms with van der Waals surface area (Å²) in [5.41, 5.74) is 3.20. The maximum absolute atomic E-state index is 11.9. The molecule has 0 heterocycles. The molecular weight excluding hydrogens is 223 g/mol. The summed E-state index contributed by atoms with van der Waals surface area (Å²) in [6.07, 6.45) is -3.69. The summed E-state index contributed by atoms with van der Waals surface area (Å²) in [5, 5.41) is 8.35. The second kappa shape index (κ2) is 4.84. The summed E-state index contributed by atoms with van der Waals surface area (Å²) in [7, 11) is 1.59. The standard InChI is InChI=1S/C9H10F3N3O/c1-14-15(6-13)7-2-4-8(5-3-7)16-9(10,11)12/h2-6,13-14H,1H3. The highest BCUT2D eigenvalue weighted by Crippen LogP contribution is 2.24. The molecule has 1 rings (SSSR count). The van der Waals surface area contributed by atoms with E-state index in [1.165, 1.54) is 29.3 Å². The number of halogens is 3. The number of rotatable bonds is 4. The summed E-state index contributed by atoms with van der Waals surface area (Å²) in [5.74, 6) is -0.294. The van der Waals surface area contributed by atoms with Gasteiger partial charge in [0.2, 0.25) is 0 Å². The van der Waals surface area contributed by atoms with Gasteiger partial charge in [0.05, 0.1) is 5.69 Å². The third-order valence-electron chi connectivity index (χ3n) is 1.72. The highest BCUT2D eigenvalue weighted by atomic mass is 19.4. The first-order valence-corrected chi connectivity index (χ1v) is 4.29. The van der Waals surface area contributed by atoms with Crippen LogP contribution in [-0.4, -0.2) is 19.7 Å². The lowest BCUT2D eigenvalue weighted by Crippen LogP contribution is -2.33. The van der Waals surface area contributed by atoms with Gasteiger partial charge in [0.1, 0.15) is 12.1 Å². The second-order valence-corrected chi connectivity index (χ2v) is 2.76. The smallest absolute Gasteiger partial charge is 0.406 e. The zero-order chi connectivity index (χ0) is 12.2. The Balaban J connectivity index is 2.78. The van der Waals surface area contributed by atoms with E-state index in [1.54, 1.807) is 7.05 Å². The Labute approximate surface area is 90.1 Å². The van der Waals surface area contributed by atoms with Crippen LogP contribution < -0.4 is 15.2 Å². The van der Waals surface area contributed by atoms with Crippen LogP contribution in [0.4, 0.5) is 18.9 Å². The van der Waals surface area contributed by atoms with Crippen LogP contribution in [0.3, 0.4) is 0 Å². The van der Waals surface area contributed by atoms with Crippen molar-refractivity contribution in [2.45, 2.75) is 6.36 Å². The quantitative estimate of drug-likeness (QED) is 0.476. The third kappa shape index (κ3) is 3.43. The first-order valence-electron chi connectivity index (χ1n) is 4.29. The number of alkyl halides is 3. The molecule has 1 aromatic carbocycles. The van der Waals surface area contributed by atoms with Crippen molar-refractivity contribution in [3.63, 3.8) is 0 Å². The minimum absolute atomic E-state index is 0.294. The predicted molar refractivity (Wildman–Crippen MR) is 53.4 cm³/mol. The SMILES string of the molecule is CNN(C=N)c1ccc(OC(F)(F)F)cc1. The number of hydrazine groups is 1. The van der Waals surface area contributed by atoms with Gasteiger partial charge in [-0.15, -0.1) is 13.2 Å². The molecule has 0 atom stereocenters. The van der Waals surface area contributed by atoms with Crippen molar-refractivity contribution < 1.29 is 17.9 Å². The van der Waals surface area contributed by atoms with Gasteiger partial charge in [-0.1, -0.05) is 0 Å². The number of anilines is 1. The lowest BCUT2D eigenvalue weighted by atomic mass is 10.3. The summed E-state index contributed by atoms with van der Waals surface area (Å²) >= 11 is 0. The minimum atomic E-state index is -4.69. The zero-order valence-corrected chi connectivity index (χ0v) is 8.38. The van der Waals surface area contributed by atoms with Crippen LogP contribution in [0, 0.1) is 5.41 Å². The van der Waals surface area contributed by atoms with Gasteiger partial charge in [-0.05, 0) is 24.3 Å². The molecule has 7 heteroatoms. The van der Waals surface area contributed by atoms with Crippen molar-refractivity contribution >= 4 is 12.0 Å². The van der Waals surface area contributed by atoms with Gasteiger partial charge in [0.15, 0.2) is 0 Å². The molecule has 0 aliphatic rings. The van der Waals surface area contributed by atoms with E-state index < -0.39 is 6.36 Å². The molecular formula is C9H10F3N3O. The number of nitrogens with zero attached hydrogens (tertiary/aromatic N) is 1. The molecule has 0 unspecified atom stereocenters. The highest BCUT2D eigenvalue weighted by molar-refractivity contribution is 5.75. The minimum Gasteiger partial charge on any atom is -0.406 e. The number of nitrogens with one attached hydrogen (secondary N) is 2. The molecule has 0 amide bonds. The van der Waals surface area contributed by atoms with Gasteiger partial charge in [0.25, 0.3) is 0 Å². The average Bonchev–Trinajstić information content (AvgIpc) is 2.20. The summed E-state index contributed by atoms with van der Waals surface area (Å²) < 4.78 is 39.3. The Kier molecular flexibility index (Phi) is 3.73. The first kappa shape index (κ1) is 12.3. The maximum atomic E-state index is 11.9. The Hall–Kier alpha value is -1.76. The van der Waals surface area contributed by atoms with E-state index in [0.717, 1.165) is 6.34 Å². The van der Waals surface area contributed by atoms with E-state index >= 15 is 0 Å². The largest absolute Gasteiger partial charge is 0.573 e. The number of hydrogen-bond acceptors (Lipinski definition) is 3. The fourth-order valence-electron chi connectivity index (χ4n) is 1.08. The molecule has 0 saturated heterocycles. The molecule has 16 heavy (non-hydrogen) atoms. The molecule has 0 aromatic heterocycles. The average molecular weight is 233 g/mol. The van der Waals surface area contributed by atoms with E-state index in [9.17, 15) is 13.2 Å². The van der Waals surface area contributed by atoms with Crippen LogP contribution in [0.25, 0.3) is 0 Å². The molecule has 0 bridgehead atoms. The van der Waals surface area contributed by atoms with Gasteiger partial charge in [-0.3, -0.25) is 10.4 Å². The molecule has 0 radical (unpaired) electrons.